The second kappa shape index (κ2) is 8.72. The van der Waals surface area contributed by atoms with Crippen LogP contribution in [0.1, 0.15) is 27.8 Å². The summed E-state index contributed by atoms with van der Waals surface area (Å²) in [6.07, 6.45) is 1.84. The van der Waals surface area contributed by atoms with Crippen molar-refractivity contribution in [3.63, 3.8) is 0 Å². The summed E-state index contributed by atoms with van der Waals surface area (Å²) >= 11 is 0. The smallest absolute Gasteiger partial charge is 0.243 e. The normalized spacial score (nSPS) is 12.0. The Morgan fingerprint density at radius 1 is 0.897 bits per heavy atom. The van der Waals surface area contributed by atoms with Gasteiger partial charge < -0.3 is 0 Å². The van der Waals surface area contributed by atoms with Crippen molar-refractivity contribution in [2.75, 3.05) is 7.05 Å². The van der Waals surface area contributed by atoms with Gasteiger partial charge in [-0.2, -0.15) is 4.31 Å². The number of benzene rings is 3. The molecule has 0 aromatic heterocycles. The van der Waals surface area contributed by atoms with Crippen LogP contribution in [0.3, 0.4) is 0 Å². The Labute approximate surface area is 173 Å². The van der Waals surface area contributed by atoms with E-state index in [2.05, 4.69) is 37.9 Å². The second-order valence-electron chi connectivity index (χ2n) is 7.31. The fourth-order valence-electron chi connectivity index (χ4n) is 3.34. The zero-order valence-corrected chi connectivity index (χ0v) is 18.1. The van der Waals surface area contributed by atoms with Crippen LogP contribution in [0.25, 0.3) is 0 Å². The number of nitrogens with zero attached hydrogens (tertiary/aromatic N) is 2. The molecule has 4 nitrogen and oxygen atoms in total. The molecular formula is C24H26N2O2S. The highest BCUT2D eigenvalue weighted by Gasteiger charge is 2.20. The summed E-state index contributed by atoms with van der Waals surface area (Å²) in [7, 11) is -1.96. The van der Waals surface area contributed by atoms with E-state index in [1.165, 1.54) is 21.0 Å². The van der Waals surface area contributed by atoms with Crippen LogP contribution >= 0.6 is 0 Å². The molecule has 150 valence electrons. The van der Waals surface area contributed by atoms with Gasteiger partial charge in [-0.3, -0.25) is 4.99 Å². The van der Waals surface area contributed by atoms with Gasteiger partial charge in [0.25, 0.3) is 0 Å². The van der Waals surface area contributed by atoms with Gasteiger partial charge in [0.15, 0.2) is 0 Å². The monoisotopic (exact) mass is 406 g/mol. The van der Waals surface area contributed by atoms with Crippen molar-refractivity contribution >= 4 is 21.9 Å². The van der Waals surface area contributed by atoms with Crippen molar-refractivity contribution in [3.8, 4) is 0 Å². The zero-order valence-electron chi connectivity index (χ0n) is 17.3. The van der Waals surface area contributed by atoms with E-state index in [1.54, 1.807) is 31.3 Å². The summed E-state index contributed by atoms with van der Waals surface area (Å²) in [6, 6.07) is 20.5. The lowest BCUT2D eigenvalue weighted by atomic mass is 10.0. The summed E-state index contributed by atoms with van der Waals surface area (Å²) in [5.41, 5.74) is 6.33. The van der Waals surface area contributed by atoms with Gasteiger partial charge in [0.2, 0.25) is 10.0 Å². The molecule has 0 saturated carbocycles. The highest BCUT2D eigenvalue weighted by atomic mass is 32.2. The summed E-state index contributed by atoms with van der Waals surface area (Å²) in [6.45, 7) is 6.54. The lowest BCUT2D eigenvalue weighted by molar-refractivity contribution is 0.467. The van der Waals surface area contributed by atoms with Crippen LogP contribution in [-0.2, 0) is 16.6 Å². The SMILES string of the molecule is Cc1cc(C)c(C=Nc2ccc(S(=O)(=O)N(C)Cc3ccccc3)cc2)c(C)c1. The first kappa shape index (κ1) is 21.0. The molecule has 29 heavy (non-hydrogen) atoms. The van der Waals surface area contributed by atoms with Gasteiger partial charge in [-0.1, -0.05) is 48.0 Å². The molecule has 0 radical (unpaired) electrons. The lowest BCUT2D eigenvalue weighted by Gasteiger charge is -2.17. The van der Waals surface area contributed by atoms with E-state index >= 15 is 0 Å². The fourth-order valence-corrected chi connectivity index (χ4v) is 4.50. The van der Waals surface area contributed by atoms with Gasteiger partial charge in [0.05, 0.1) is 10.6 Å². The first-order chi connectivity index (χ1) is 13.8. The molecule has 0 saturated heterocycles. The third-order valence-corrected chi connectivity index (χ3v) is 6.69. The molecule has 0 bridgehead atoms. The van der Waals surface area contributed by atoms with Crippen molar-refractivity contribution in [2.45, 2.75) is 32.2 Å². The van der Waals surface area contributed by atoms with E-state index in [9.17, 15) is 8.42 Å². The molecule has 0 unspecified atom stereocenters. The first-order valence-electron chi connectivity index (χ1n) is 9.49. The van der Waals surface area contributed by atoms with Gasteiger partial charge in [0.1, 0.15) is 0 Å². The summed E-state index contributed by atoms with van der Waals surface area (Å²) in [5, 5.41) is 0. The number of sulfonamides is 1. The number of hydrogen-bond donors (Lipinski definition) is 0. The Kier molecular flexibility index (Phi) is 6.30. The summed E-state index contributed by atoms with van der Waals surface area (Å²) in [5.74, 6) is 0. The quantitative estimate of drug-likeness (QED) is 0.529. The Bertz CT molecular complexity index is 1100. The first-order valence-corrected chi connectivity index (χ1v) is 10.9. The minimum Gasteiger partial charge on any atom is -0.256 e. The van der Waals surface area contributed by atoms with E-state index in [-0.39, 0.29) is 4.90 Å². The molecular weight excluding hydrogens is 380 g/mol. The van der Waals surface area contributed by atoms with Crippen LogP contribution in [0, 0.1) is 20.8 Å². The van der Waals surface area contributed by atoms with Crippen molar-refractivity contribution in [2.24, 2.45) is 4.99 Å². The van der Waals surface area contributed by atoms with Crippen molar-refractivity contribution in [1.82, 2.24) is 4.31 Å². The molecule has 3 rings (SSSR count). The van der Waals surface area contributed by atoms with Gasteiger partial charge in [-0.25, -0.2) is 8.42 Å². The standard InChI is InChI=1S/C24H26N2O2S/c1-18-14-19(2)24(20(3)15-18)16-25-22-10-12-23(13-11-22)29(27,28)26(4)17-21-8-6-5-7-9-21/h5-16H,17H2,1-4H3. The number of hydrogen-bond acceptors (Lipinski definition) is 3. The van der Waals surface area contributed by atoms with E-state index in [0.29, 0.717) is 12.2 Å². The molecule has 0 atom stereocenters. The minimum absolute atomic E-state index is 0.262. The molecule has 0 N–H and O–H groups in total. The molecule has 0 aliphatic carbocycles. The number of rotatable bonds is 6. The molecule has 0 fully saturated rings. The van der Waals surface area contributed by atoms with Gasteiger partial charge in [-0.15, -0.1) is 0 Å². The average Bonchev–Trinajstić information content (AvgIpc) is 2.68. The molecule has 0 aliphatic rings. The molecule has 0 spiro atoms. The zero-order chi connectivity index (χ0) is 21.0. The molecule has 3 aromatic rings. The van der Waals surface area contributed by atoms with Gasteiger partial charge in [0, 0.05) is 19.8 Å². The molecule has 0 aliphatic heterocycles. The lowest BCUT2D eigenvalue weighted by Crippen LogP contribution is -2.26. The summed E-state index contributed by atoms with van der Waals surface area (Å²) < 4.78 is 27.0. The third-order valence-electron chi connectivity index (χ3n) is 4.87. The van der Waals surface area contributed by atoms with E-state index in [1.807, 2.05) is 36.5 Å². The maximum atomic E-state index is 12.8. The number of aryl methyl sites for hydroxylation is 3. The van der Waals surface area contributed by atoms with E-state index in [0.717, 1.165) is 11.1 Å². The molecule has 5 heteroatoms. The van der Waals surface area contributed by atoms with Crippen LogP contribution < -0.4 is 0 Å². The maximum absolute atomic E-state index is 12.8. The van der Waals surface area contributed by atoms with Crippen LogP contribution in [0.15, 0.2) is 76.6 Å². The van der Waals surface area contributed by atoms with Gasteiger partial charge >= 0.3 is 0 Å². The van der Waals surface area contributed by atoms with E-state index < -0.39 is 10.0 Å². The van der Waals surface area contributed by atoms with Crippen LogP contribution in [0.5, 0.6) is 0 Å². The van der Waals surface area contributed by atoms with Crippen molar-refractivity contribution < 1.29 is 8.42 Å². The van der Waals surface area contributed by atoms with Crippen molar-refractivity contribution in [3.05, 3.63) is 94.5 Å². The number of aliphatic imine (C=N–C) groups is 1. The predicted molar refractivity (Wildman–Crippen MR) is 119 cm³/mol. The predicted octanol–water partition coefficient (Wildman–Crippen LogP) is 5.18. The van der Waals surface area contributed by atoms with Gasteiger partial charge in [-0.05, 0) is 67.3 Å². The highest BCUT2D eigenvalue weighted by molar-refractivity contribution is 7.89. The van der Waals surface area contributed by atoms with Crippen molar-refractivity contribution in [1.29, 1.82) is 0 Å². The van der Waals surface area contributed by atoms with E-state index in [4.69, 9.17) is 0 Å². The average molecular weight is 407 g/mol. The fraction of sp³-hybridized carbons (Fsp3) is 0.208. The molecule has 0 amide bonds. The van der Waals surface area contributed by atoms with Crippen LogP contribution in [0.4, 0.5) is 5.69 Å². The second-order valence-corrected chi connectivity index (χ2v) is 9.36. The Hall–Kier alpha value is -2.76. The molecule has 3 aromatic carbocycles. The Balaban J connectivity index is 1.77. The topological polar surface area (TPSA) is 49.7 Å². The molecule has 0 heterocycles. The third kappa shape index (κ3) is 5.00. The Morgan fingerprint density at radius 3 is 2.07 bits per heavy atom. The highest BCUT2D eigenvalue weighted by Crippen LogP contribution is 2.21. The largest absolute Gasteiger partial charge is 0.256 e. The summed E-state index contributed by atoms with van der Waals surface area (Å²) in [4.78, 5) is 4.79. The maximum Gasteiger partial charge on any atom is 0.243 e. The van der Waals surface area contributed by atoms with Crippen LogP contribution in [-0.4, -0.2) is 26.0 Å². The minimum atomic E-state index is -3.56. The Morgan fingerprint density at radius 2 is 1.48 bits per heavy atom. The van der Waals surface area contributed by atoms with Crippen LogP contribution in [0.2, 0.25) is 0 Å².